The predicted octanol–water partition coefficient (Wildman–Crippen LogP) is -0.425. The third kappa shape index (κ3) is 3.77. The van der Waals surface area contributed by atoms with Gasteiger partial charge in [0.2, 0.25) is 12.7 Å². The maximum atomic E-state index is 12.0. The van der Waals surface area contributed by atoms with Crippen LogP contribution in [0.1, 0.15) is 15.3 Å². The van der Waals surface area contributed by atoms with Gasteiger partial charge in [0.05, 0.1) is 6.54 Å². The molecule has 1 N–H and O–H groups in total. The molecule has 0 fully saturated rings. The number of likely N-dealkylation sites (N-methyl/N-ethyl adjacent to an activating group) is 1. The van der Waals surface area contributed by atoms with E-state index in [-0.39, 0.29) is 26.5 Å². The van der Waals surface area contributed by atoms with E-state index in [4.69, 9.17) is 9.47 Å². The number of anilines is 1. The zero-order valence-corrected chi connectivity index (χ0v) is 13.8. The van der Waals surface area contributed by atoms with Gasteiger partial charge >= 0.3 is 1.43 Å². The summed E-state index contributed by atoms with van der Waals surface area (Å²) >= 11 is 3.41. The zero-order valence-electron chi connectivity index (χ0n) is 12.4. The van der Waals surface area contributed by atoms with Crippen molar-refractivity contribution in [3.05, 3.63) is 16.6 Å². The highest BCUT2D eigenvalue weighted by atomic mass is 79.9. The van der Waals surface area contributed by atoms with E-state index in [1.807, 2.05) is 30.9 Å². The van der Waals surface area contributed by atoms with Crippen molar-refractivity contribution in [1.82, 2.24) is 4.90 Å². The van der Waals surface area contributed by atoms with Crippen molar-refractivity contribution in [2.24, 2.45) is 0 Å². The van der Waals surface area contributed by atoms with E-state index in [0.29, 0.717) is 23.7 Å². The molecular formula is C13H18BrClN2O3. The molecule has 1 aliphatic rings. The third-order valence-corrected chi connectivity index (χ3v) is 3.68. The molecule has 0 aliphatic carbocycles. The second kappa shape index (κ2) is 7.71. The van der Waals surface area contributed by atoms with Crippen molar-refractivity contribution in [2.45, 2.75) is 13.8 Å². The maximum absolute atomic E-state index is 12.0. The van der Waals surface area contributed by atoms with Crippen LogP contribution in [0.5, 0.6) is 11.5 Å². The van der Waals surface area contributed by atoms with Crippen LogP contribution >= 0.6 is 15.9 Å². The van der Waals surface area contributed by atoms with Gasteiger partial charge < -0.3 is 27.2 Å². The van der Waals surface area contributed by atoms with E-state index in [1.54, 1.807) is 0 Å². The lowest BCUT2D eigenvalue weighted by molar-refractivity contribution is -0.117. The molecule has 0 atom stereocenters. The van der Waals surface area contributed by atoms with Gasteiger partial charge in [0, 0.05) is 4.47 Å². The second-order valence-corrected chi connectivity index (χ2v) is 5.02. The van der Waals surface area contributed by atoms with Crippen LogP contribution in [0, 0.1) is 0 Å². The van der Waals surface area contributed by atoms with E-state index in [0.717, 1.165) is 17.6 Å². The summed E-state index contributed by atoms with van der Waals surface area (Å²) in [5.41, 5.74) is 0.632. The molecule has 1 heterocycles. The molecule has 7 heteroatoms. The highest BCUT2D eigenvalue weighted by Gasteiger charge is 2.21. The highest BCUT2D eigenvalue weighted by Crippen LogP contribution is 2.43. The average molecular weight is 366 g/mol. The van der Waals surface area contributed by atoms with Gasteiger partial charge in [-0.05, 0) is 41.2 Å². The number of nitrogens with zero attached hydrogens (tertiary/aromatic N) is 1. The molecule has 1 aromatic carbocycles. The van der Waals surface area contributed by atoms with Crippen LogP contribution in [0.25, 0.3) is 0 Å². The topological polar surface area (TPSA) is 50.8 Å². The van der Waals surface area contributed by atoms with E-state index < -0.39 is 0 Å². The number of hydrogen-bond acceptors (Lipinski definition) is 4. The molecule has 0 unspecified atom stereocenters. The van der Waals surface area contributed by atoms with E-state index >= 15 is 0 Å². The fraction of sp³-hybridized carbons (Fsp3) is 0.462. The summed E-state index contributed by atoms with van der Waals surface area (Å²) in [5.74, 6) is 1.18. The Kier molecular flexibility index (Phi) is 6.58. The van der Waals surface area contributed by atoms with Crippen LogP contribution in [-0.2, 0) is 4.79 Å². The quantitative estimate of drug-likeness (QED) is 0.770. The molecule has 5 nitrogen and oxygen atoms in total. The summed E-state index contributed by atoms with van der Waals surface area (Å²) < 4.78 is 11.5. The number of benzene rings is 1. The molecule has 2 rings (SSSR count). The van der Waals surface area contributed by atoms with Gasteiger partial charge in [0.1, 0.15) is 5.69 Å². The van der Waals surface area contributed by atoms with Crippen molar-refractivity contribution >= 4 is 27.5 Å². The van der Waals surface area contributed by atoms with Crippen LogP contribution in [-0.4, -0.2) is 37.2 Å². The van der Waals surface area contributed by atoms with Gasteiger partial charge in [0.25, 0.3) is 0 Å². The Morgan fingerprint density at radius 1 is 1.40 bits per heavy atom. The molecule has 1 amide bonds. The normalized spacial score (nSPS) is 12.2. The molecule has 0 radical (unpaired) electrons. The molecule has 112 valence electrons. The molecular weight excluding hydrogens is 348 g/mol. The number of halogens is 2. The van der Waals surface area contributed by atoms with Gasteiger partial charge in [-0.15, -0.1) is 0 Å². The Balaban J connectivity index is 0.00000200. The first-order chi connectivity index (χ1) is 9.15. The van der Waals surface area contributed by atoms with Gasteiger partial charge in [-0.3, -0.25) is 9.69 Å². The lowest BCUT2D eigenvalue weighted by atomic mass is 10.2. The largest absolute Gasteiger partial charge is 1.00 e. The molecule has 0 saturated carbocycles. The Morgan fingerprint density at radius 3 is 2.75 bits per heavy atom. The number of rotatable bonds is 5. The number of carbonyl (C=O) groups is 1. The molecule has 0 aromatic heterocycles. The lowest BCUT2D eigenvalue weighted by Gasteiger charge is -2.18. The van der Waals surface area contributed by atoms with Crippen molar-refractivity contribution in [3.63, 3.8) is 0 Å². The summed E-state index contributed by atoms with van der Waals surface area (Å²) in [5, 5.41) is 2.88. The molecule has 1 aromatic rings. The molecule has 0 spiro atoms. The number of amides is 1. The summed E-state index contributed by atoms with van der Waals surface area (Å²) in [4.78, 5) is 14.1. The van der Waals surface area contributed by atoms with Gasteiger partial charge in [-0.2, -0.15) is 0 Å². The van der Waals surface area contributed by atoms with Gasteiger partial charge in [0.15, 0.2) is 11.5 Å². The van der Waals surface area contributed by atoms with Crippen LogP contribution < -0.4 is 27.2 Å². The third-order valence-electron chi connectivity index (χ3n) is 3.01. The zero-order chi connectivity index (χ0) is 13.8. The van der Waals surface area contributed by atoms with Gasteiger partial charge in [-0.1, -0.05) is 13.8 Å². The van der Waals surface area contributed by atoms with E-state index in [9.17, 15) is 4.79 Å². The summed E-state index contributed by atoms with van der Waals surface area (Å²) in [6.07, 6.45) is 0. The Morgan fingerprint density at radius 2 is 2.10 bits per heavy atom. The number of carbonyl (C=O) groups excluding carboxylic acids is 1. The van der Waals surface area contributed by atoms with Crippen molar-refractivity contribution in [1.29, 1.82) is 0 Å². The van der Waals surface area contributed by atoms with E-state index in [1.165, 1.54) is 0 Å². The number of ether oxygens (including phenoxy) is 2. The van der Waals surface area contributed by atoms with Gasteiger partial charge in [-0.25, -0.2) is 0 Å². The smallest absolute Gasteiger partial charge is 1.00 e. The first-order valence-electron chi connectivity index (χ1n) is 6.26. The fourth-order valence-corrected chi connectivity index (χ4v) is 2.31. The fourth-order valence-electron chi connectivity index (χ4n) is 1.89. The molecule has 1 aliphatic heterocycles. The minimum absolute atomic E-state index is 0. The summed E-state index contributed by atoms with van der Waals surface area (Å²) in [6.45, 7) is 6.30. The monoisotopic (exact) mass is 364 g/mol. The SMILES string of the molecule is CCN(CC)CC(=O)Nc1c(Br)ccc2c1OCO2.[Cl-].[H+]. The lowest BCUT2D eigenvalue weighted by Crippen LogP contribution is -3.00. The number of hydrogen-bond donors (Lipinski definition) is 1. The van der Waals surface area contributed by atoms with E-state index in [2.05, 4.69) is 21.2 Å². The minimum Gasteiger partial charge on any atom is -1.00 e. The minimum atomic E-state index is -0.0618. The maximum Gasteiger partial charge on any atom is 1.00 e. The predicted molar refractivity (Wildman–Crippen MR) is 77.8 cm³/mol. The summed E-state index contributed by atoms with van der Waals surface area (Å²) in [7, 11) is 0. The average Bonchev–Trinajstić information content (AvgIpc) is 2.88. The highest BCUT2D eigenvalue weighted by molar-refractivity contribution is 9.10. The van der Waals surface area contributed by atoms with Crippen molar-refractivity contribution in [3.8, 4) is 11.5 Å². The summed E-state index contributed by atoms with van der Waals surface area (Å²) in [6, 6.07) is 3.65. The molecule has 0 saturated heterocycles. The molecule has 20 heavy (non-hydrogen) atoms. The first kappa shape index (κ1) is 17.1. The number of nitrogens with one attached hydrogen (secondary N) is 1. The Hall–Kier alpha value is -0.980. The first-order valence-corrected chi connectivity index (χ1v) is 7.05. The van der Waals surface area contributed by atoms with Crippen molar-refractivity contribution in [2.75, 3.05) is 31.7 Å². The van der Waals surface area contributed by atoms with Crippen LogP contribution in [0.3, 0.4) is 0 Å². The van der Waals surface area contributed by atoms with Crippen molar-refractivity contribution < 1.29 is 28.1 Å². The Bertz CT molecular complexity index is 487. The number of fused-ring (bicyclic) bond motifs is 1. The Labute approximate surface area is 134 Å². The second-order valence-electron chi connectivity index (χ2n) is 4.17. The standard InChI is InChI=1S/C13H17BrN2O3.ClH/c1-3-16(4-2)7-11(17)15-12-9(14)5-6-10-13(12)19-8-18-10;/h5-6H,3-4,7-8H2,1-2H3,(H,15,17);1H. The molecule has 0 bridgehead atoms. The van der Waals surface area contributed by atoms with Crippen LogP contribution in [0.2, 0.25) is 0 Å². The van der Waals surface area contributed by atoms with Crippen LogP contribution in [0.15, 0.2) is 16.6 Å². The van der Waals surface area contributed by atoms with Crippen LogP contribution in [0.4, 0.5) is 5.69 Å².